The van der Waals surface area contributed by atoms with Crippen molar-refractivity contribution in [2.45, 2.75) is 20.3 Å². The first-order valence-corrected chi connectivity index (χ1v) is 6.19. The van der Waals surface area contributed by atoms with E-state index in [1.807, 2.05) is 49.1 Å². The molecule has 102 valence electrons. The summed E-state index contributed by atoms with van der Waals surface area (Å²) < 4.78 is 0. The van der Waals surface area contributed by atoms with Gasteiger partial charge in [0.2, 0.25) is 5.91 Å². The number of nitriles is 1. The van der Waals surface area contributed by atoms with Gasteiger partial charge in [-0.25, -0.2) is 5.84 Å². The molecule has 5 nitrogen and oxygen atoms in total. The van der Waals surface area contributed by atoms with Gasteiger partial charge in [0.05, 0.1) is 17.9 Å². The number of nitrogens with zero attached hydrogens (tertiary/aromatic N) is 2. The van der Waals surface area contributed by atoms with Gasteiger partial charge in [0, 0.05) is 18.8 Å². The maximum atomic E-state index is 11.7. The molecule has 0 aliphatic carbocycles. The van der Waals surface area contributed by atoms with Gasteiger partial charge in [-0.3, -0.25) is 10.2 Å². The summed E-state index contributed by atoms with van der Waals surface area (Å²) >= 11 is 0. The fraction of sp³-hybridized carbons (Fsp3) is 0.429. The highest BCUT2D eigenvalue weighted by atomic mass is 16.2. The number of hydrazine groups is 1. The fourth-order valence-corrected chi connectivity index (χ4v) is 1.87. The van der Waals surface area contributed by atoms with E-state index in [1.165, 1.54) is 0 Å². The van der Waals surface area contributed by atoms with Gasteiger partial charge in [-0.15, -0.1) is 0 Å². The summed E-state index contributed by atoms with van der Waals surface area (Å²) in [5, 5.41) is 8.74. The van der Waals surface area contributed by atoms with Crippen LogP contribution in [-0.2, 0) is 4.79 Å². The van der Waals surface area contributed by atoms with Gasteiger partial charge in [0.25, 0.3) is 0 Å². The lowest BCUT2D eigenvalue weighted by Crippen LogP contribution is -2.47. The van der Waals surface area contributed by atoms with Crippen LogP contribution >= 0.6 is 0 Å². The molecule has 0 aliphatic rings. The van der Waals surface area contributed by atoms with E-state index in [0.29, 0.717) is 19.5 Å². The zero-order chi connectivity index (χ0) is 14.3. The van der Waals surface area contributed by atoms with Crippen LogP contribution in [0.1, 0.15) is 20.3 Å². The van der Waals surface area contributed by atoms with Gasteiger partial charge in [-0.05, 0) is 26.0 Å². The number of hydrogen-bond acceptors (Lipinski definition) is 4. The second-order valence-electron chi connectivity index (χ2n) is 5.02. The fourth-order valence-electron chi connectivity index (χ4n) is 1.87. The molecule has 0 radical (unpaired) electrons. The first-order valence-electron chi connectivity index (χ1n) is 6.19. The third-order valence-corrected chi connectivity index (χ3v) is 2.95. The quantitative estimate of drug-likeness (QED) is 0.460. The van der Waals surface area contributed by atoms with Crippen molar-refractivity contribution in [3.63, 3.8) is 0 Å². The van der Waals surface area contributed by atoms with E-state index in [9.17, 15) is 4.79 Å². The number of carbonyl (C=O) groups excluding carboxylic acids is 1. The first-order chi connectivity index (χ1) is 9.01. The predicted octanol–water partition coefficient (Wildman–Crippen LogP) is 1.42. The lowest BCUT2D eigenvalue weighted by atomic mass is 9.91. The second kappa shape index (κ2) is 6.76. The Morgan fingerprint density at radius 1 is 1.42 bits per heavy atom. The minimum atomic E-state index is -0.625. The Morgan fingerprint density at radius 3 is 2.58 bits per heavy atom. The average Bonchev–Trinajstić information content (AvgIpc) is 2.43. The number of rotatable bonds is 6. The maximum absolute atomic E-state index is 11.7. The van der Waals surface area contributed by atoms with Crippen LogP contribution in [0.4, 0.5) is 5.69 Å². The monoisotopic (exact) mass is 260 g/mol. The molecule has 0 fully saturated rings. The smallest absolute Gasteiger partial charge is 0.241 e. The zero-order valence-electron chi connectivity index (χ0n) is 11.4. The van der Waals surface area contributed by atoms with Gasteiger partial charge in [0.15, 0.2) is 0 Å². The van der Waals surface area contributed by atoms with Crippen molar-refractivity contribution in [2.24, 2.45) is 11.3 Å². The van der Waals surface area contributed by atoms with E-state index in [1.54, 1.807) is 0 Å². The molecule has 0 saturated carbocycles. The maximum Gasteiger partial charge on any atom is 0.241 e. The predicted molar refractivity (Wildman–Crippen MR) is 75.0 cm³/mol. The molecule has 19 heavy (non-hydrogen) atoms. The standard InChI is InChI=1S/C14H20N4O/c1-14(2,13(19)17-16)11-18(10-6-9-15)12-7-4-3-5-8-12/h3-5,7-8H,6,10-11,16H2,1-2H3,(H,17,19). The molecule has 1 rings (SSSR count). The summed E-state index contributed by atoms with van der Waals surface area (Å²) in [6.07, 6.45) is 0.412. The van der Waals surface area contributed by atoms with Crippen LogP contribution in [0, 0.1) is 16.7 Å². The molecule has 1 aromatic rings. The van der Waals surface area contributed by atoms with Crippen LogP contribution in [0.2, 0.25) is 0 Å². The number of benzene rings is 1. The minimum absolute atomic E-state index is 0.217. The Bertz CT molecular complexity index is 450. The summed E-state index contributed by atoms with van der Waals surface area (Å²) in [6, 6.07) is 11.9. The Hall–Kier alpha value is -2.06. The van der Waals surface area contributed by atoms with E-state index in [-0.39, 0.29) is 5.91 Å². The third kappa shape index (κ3) is 4.27. The lowest BCUT2D eigenvalue weighted by Gasteiger charge is -2.32. The van der Waals surface area contributed by atoms with E-state index in [2.05, 4.69) is 11.5 Å². The van der Waals surface area contributed by atoms with Crippen molar-refractivity contribution in [3.8, 4) is 6.07 Å². The van der Waals surface area contributed by atoms with Crippen LogP contribution < -0.4 is 16.2 Å². The molecule has 0 aliphatic heterocycles. The Balaban J connectivity index is 2.87. The number of nitrogens with two attached hydrogens (primary N) is 1. The molecule has 3 N–H and O–H groups in total. The number of nitrogens with one attached hydrogen (secondary N) is 1. The van der Waals surface area contributed by atoms with E-state index in [0.717, 1.165) is 5.69 Å². The molecule has 0 atom stereocenters. The normalized spacial score (nSPS) is 10.6. The second-order valence-corrected chi connectivity index (χ2v) is 5.02. The van der Waals surface area contributed by atoms with Crippen molar-refractivity contribution in [2.75, 3.05) is 18.0 Å². The highest BCUT2D eigenvalue weighted by molar-refractivity contribution is 5.82. The minimum Gasteiger partial charge on any atom is -0.369 e. The third-order valence-electron chi connectivity index (χ3n) is 2.95. The number of carbonyl (C=O) groups is 1. The SMILES string of the molecule is CC(C)(CN(CCC#N)c1ccccc1)C(=O)NN. The lowest BCUT2D eigenvalue weighted by molar-refractivity contribution is -0.128. The molecule has 0 aromatic heterocycles. The Morgan fingerprint density at radius 2 is 2.05 bits per heavy atom. The first kappa shape index (κ1) is 15.0. The van der Waals surface area contributed by atoms with Crippen molar-refractivity contribution in [1.82, 2.24) is 5.43 Å². The molecule has 5 heteroatoms. The van der Waals surface area contributed by atoms with Crippen molar-refractivity contribution < 1.29 is 4.79 Å². The van der Waals surface area contributed by atoms with Crippen LogP contribution in [0.25, 0.3) is 0 Å². The van der Waals surface area contributed by atoms with E-state index < -0.39 is 5.41 Å². The van der Waals surface area contributed by atoms with Gasteiger partial charge in [0.1, 0.15) is 0 Å². The molecule has 0 heterocycles. The summed E-state index contributed by atoms with van der Waals surface area (Å²) in [4.78, 5) is 13.8. The highest BCUT2D eigenvalue weighted by Gasteiger charge is 2.29. The van der Waals surface area contributed by atoms with Crippen molar-refractivity contribution >= 4 is 11.6 Å². The van der Waals surface area contributed by atoms with Crippen LogP contribution in [0.15, 0.2) is 30.3 Å². The summed E-state index contributed by atoms with van der Waals surface area (Å²) in [6.45, 7) is 4.75. The zero-order valence-corrected chi connectivity index (χ0v) is 11.4. The van der Waals surface area contributed by atoms with Crippen LogP contribution in [-0.4, -0.2) is 19.0 Å². The van der Waals surface area contributed by atoms with Crippen molar-refractivity contribution in [3.05, 3.63) is 30.3 Å². The molecule has 0 spiro atoms. The highest BCUT2D eigenvalue weighted by Crippen LogP contribution is 2.22. The Kier molecular flexibility index (Phi) is 5.34. The summed E-state index contributed by atoms with van der Waals surface area (Å²) in [7, 11) is 0. The van der Waals surface area contributed by atoms with Gasteiger partial charge in [-0.1, -0.05) is 18.2 Å². The molecule has 0 bridgehead atoms. The molecular formula is C14H20N4O. The van der Waals surface area contributed by atoms with E-state index in [4.69, 9.17) is 11.1 Å². The molecule has 1 amide bonds. The number of anilines is 1. The summed E-state index contributed by atoms with van der Waals surface area (Å²) in [5.74, 6) is 4.99. The average molecular weight is 260 g/mol. The summed E-state index contributed by atoms with van der Waals surface area (Å²) in [5.41, 5.74) is 2.56. The van der Waals surface area contributed by atoms with E-state index >= 15 is 0 Å². The van der Waals surface area contributed by atoms with Crippen LogP contribution in [0.5, 0.6) is 0 Å². The van der Waals surface area contributed by atoms with Gasteiger partial charge < -0.3 is 4.90 Å². The van der Waals surface area contributed by atoms with Gasteiger partial charge >= 0.3 is 0 Å². The molecular weight excluding hydrogens is 240 g/mol. The number of amides is 1. The Labute approximate surface area is 114 Å². The molecule has 0 saturated heterocycles. The topological polar surface area (TPSA) is 82.2 Å². The largest absolute Gasteiger partial charge is 0.369 e. The number of hydrogen-bond donors (Lipinski definition) is 2. The number of para-hydroxylation sites is 1. The van der Waals surface area contributed by atoms with Crippen LogP contribution in [0.3, 0.4) is 0 Å². The molecule has 1 aromatic carbocycles. The van der Waals surface area contributed by atoms with Gasteiger partial charge in [-0.2, -0.15) is 5.26 Å². The van der Waals surface area contributed by atoms with Crippen molar-refractivity contribution in [1.29, 1.82) is 5.26 Å². The molecule has 0 unspecified atom stereocenters.